The Morgan fingerprint density at radius 1 is 1.18 bits per heavy atom. The number of nitrogens with one attached hydrogen (secondary N) is 2. The number of rotatable bonds is 9. The first-order valence-corrected chi connectivity index (χ1v) is 11.9. The van der Waals surface area contributed by atoms with Crippen molar-refractivity contribution < 1.29 is 17.9 Å². The fourth-order valence-corrected chi connectivity index (χ4v) is 5.84. The van der Waals surface area contributed by atoms with Gasteiger partial charge in [-0.1, -0.05) is 12.1 Å². The van der Waals surface area contributed by atoms with Gasteiger partial charge in [-0.3, -0.25) is 0 Å². The molecule has 5 nitrogen and oxygen atoms in total. The maximum absolute atomic E-state index is 13.3. The maximum atomic E-state index is 13.3. The normalized spacial score (nSPS) is 24.9. The lowest BCUT2D eigenvalue weighted by atomic mass is 9.79. The van der Waals surface area contributed by atoms with Crippen molar-refractivity contribution in [3.8, 4) is 0 Å². The van der Waals surface area contributed by atoms with Crippen LogP contribution in [0.15, 0.2) is 24.3 Å². The highest BCUT2D eigenvalue weighted by molar-refractivity contribution is 7.90. The summed E-state index contributed by atoms with van der Waals surface area (Å²) in [6.45, 7) is 4.60. The molecule has 158 valence electrons. The van der Waals surface area contributed by atoms with Crippen molar-refractivity contribution in [3.63, 3.8) is 0 Å². The highest BCUT2D eigenvalue weighted by Gasteiger charge is 2.38. The molecule has 0 heterocycles. The molecule has 1 aromatic rings. The lowest BCUT2D eigenvalue weighted by molar-refractivity contribution is 0.149. The Labute approximate surface area is 168 Å². The molecule has 3 rings (SSSR count). The third kappa shape index (κ3) is 6.24. The summed E-state index contributed by atoms with van der Waals surface area (Å²) in [5.41, 5.74) is 0.422. The van der Waals surface area contributed by atoms with Crippen molar-refractivity contribution in [1.82, 2.24) is 10.0 Å². The molecule has 0 saturated heterocycles. The average Bonchev–Trinajstić information content (AvgIpc) is 3.47. The molecule has 7 heteroatoms. The SMILES string of the molecule is CC(C)(C[C@H]1CC[C@H](NS(=O)(=O)C2CC2)CC1)NC[C@H](O)c1cccc(F)c1. The van der Waals surface area contributed by atoms with E-state index >= 15 is 0 Å². The second-order valence-electron chi connectivity index (χ2n) is 9.12. The molecular weight excluding hydrogens is 379 g/mol. The number of halogens is 1. The van der Waals surface area contributed by atoms with Gasteiger partial charge >= 0.3 is 0 Å². The van der Waals surface area contributed by atoms with Crippen LogP contribution in [0.2, 0.25) is 0 Å². The first-order valence-electron chi connectivity index (χ1n) is 10.3. The molecule has 2 aliphatic carbocycles. The van der Waals surface area contributed by atoms with E-state index < -0.39 is 16.1 Å². The van der Waals surface area contributed by atoms with Gasteiger partial charge in [0.05, 0.1) is 11.4 Å². The standard InChI is InChI=1S/C21H33FN2O3S/c1-21(2,23-14-20(25)16-4-3-5-17(22)12-16)13-15-6-8-18(9-7-15)24-28(26,27)19-10-11-19/h3-5,12,15,18-20,23-25H,6-11,13-14H2,1-2H3/t15-,18-,20-/m0/s1. The maximum Gasteiger partial charge on any atom is 0.214 e. The zero-order chi connectivity index (χ0) is 20.4. The van der Waals surface area contributed by atoms with E-state index in [9.17, 15) is 17.9 Å². The Morgan fingerprint density at radius 3 is 2.46 bits per heavy atom. The van der Waals surface area contributed by atoms with E-state index in [0.29, 0.717) is 18.0 Å². The molecule has 1 aromatic carbocycles. The molecule has 1 atom stereocenters. The van der Waals surface area contributed by atoms with Gasteiger partial charge in [-0.05, 0) is 82.4 Å². The van der Waals surface area contributed by atoms with Crippen LogP contribution in [-0.2, 0) is 10.0 Å². The van der Waals surface area contributed by atoms with E-state index in [0.717, 1.165) is 44.9 Å². The van der Waals surface area contributed by atoms with Gasteiger partial charge in [-0.2, -0.15) is 0 Å². The molecule has 0 aromatic heterocycles. The van der Waals surface area contributed by atoms with Crippen molar-refractivity contribution in [1.29, 1.82) is 0 Å². The van der Waals surface area contributed by atoms with Gasteiger partial charge in [0.25, 0.3) is 0 Å². The zero-order valence-corrected chi connectivity index (χ0v) is 17.6. The van der Waals surface area contributed by atoms with Crippen molar-refractivity contribution in [2.24, 2.45) is 5.92 Å². The molecule has 0 aliphatic heterocycles. The molecule has 0 unspecified atom stereocenters. The second kappa shape index (κ2) is 8.78. The van der Waals surface area contributed by atoms with Crippen molar-refractivity contribution in [2.75, 3.05) is 6.54 Å². The third-order valence-corrected chi connectivity index (χ3v) is 7.96. The van der Waals surface area contributed by atoms with Crippen molar-refractivity contribution in [3.05, 3.63) is 35.6 Å². The van der Waals surface area contributed by atoms with Crippen LogP contribution in [0.3, 0.4) is 0 Å². The van der Waals surface area contributed by atoms with E-state index in [4.69, 9.17) is 0 Å². The van der Waals surface area contributed by atoms with Gasteiger partial charge in [0.2, 0.25) is 10.0 Å². The minimum Gasteiger partial charge on any atom is -0.387 e. The van der Waals surface area contributed by atoms with Crippen LogP contribution in [0.1, 0.15) is 70.5 Å². The number of hydrogen-bond acceptors (Lipinski definition) is 4. The van der Waals surface area contributed by atoms with E-state index in [1.807, 2.05) is 0 Å². The monoisotopic (exact) mass is 412 g/mol. The van der Waals surface area contributed by atoms with Crippen molar-refractivity contribution >= 4 is 10.0 Å². The third-order valence-electron chi connectivity index (χ3n) is 5.95. The fourth-order valence-electron chi connectivity index (χ4n) is 4.19. The number of sulfonamides is 1. The van der Waals surface area contributed by atoms with E-state index in [1.54, 1.807) is 12.1 Å². The number of benzene rings is 1. The molecule has 28 heavy (non-hydrogen) atoms. The van der Waals surface area contributed by atoms with Crippen LogP contribution < -0.4 is 10.0 Å². The number of β-amino-alcohol motifs (C(OH)–C–C–N with tert-alkyl or cyclic N) is 1. The smallest absolute Gasteiger partial charge is 0.214 e. The van der Waals surface area contributed by atoms with Gasteiger partial charge in [-0.15, -0.1) is 0 Å². The van der Waals surface area contributed by atoms with Crippen LogP contribution in [0.4, 0.5) is 4.39 Å². The van der Waals surface area contributed by atoms with Gasteiger partial charge in [-0.25, -0.2) is 17.5 Å². The predicted octanol–water partition coefficient (Wildman–Crippen LogP) is 3.26. The topological polar surface area (TPSA) is 78.4 Å². The number of aliphatic hydroxyl groups excluding tert-OH is 1. The van der Waals surface area contributed by atoms with Crippen LogP contribution in [0, 0.1) is 11.7 Å². The van der Waals surface area contributed by atoms with Crippen LogP contribution >= 0.6 is 0 Å². The second-order valence-corrected chi connectivity index (χ2v) is 11.1. The first kappa shape index (κ1) is 21.7. The molecule has 0 amide bonds. The molecule has 2 saturated carbocycles. The summed E-state index contributed by atoms with van der Waals surface area (Å²) in [7, 11) is -3.10. The van der Waals surface area contributed by atoms with Crippen LogP contribution in [-0.4, -0.2) is 36.9 Å². The molecule has 2 aliphatic rings. The minimum atomic E-state index is -3.10. The molecule has 0 spiro atoms. The Hall–Kier alpha value is -1.02. The summed E-state index contributed by atoms with van der Waals surface area (Å²) in [6, 6.07) is 6.15. The quantitative estimate of drug-likeness (QED) is 0.582. The number of hydrogen-bond donors (Lipinski definition) is 3. The Morgan fingerprint density at radius 2 is 1.86 bits per heavy atom. The van der Waals surface area contributed by atoms with Crippen LogP contribution in [0.25, 0.3) is 0 Å². The molecule has 2 fully saturated rings. The Kier molecular flexibility index (Phi) is 6.80. The lowest BCUT2D eigenvalue weighted by Gasteiger charge is -2.35. The van der Waals surface area contributed by atoms with Crippen LogP contribution in [0.5, 0.6) is 0 Å². The first-order chi connectivity index (χ1) is 13.1. The van der Waals surface area contributed by atoms with Gasteiger partial charge in [0.1, 0.15) is 5.82 Å². The summed E-state index contributed by atoms with van der Waals surface area (Å²) in [4.78, 5) is 0. The molecule has 0 radical (unpaired) electrons. The lowest BCUT2D eigenvalue weighted by Crippen LogP contribution is -2.44. The minimum absolute atomic E-state index is 0.0766. The number of aliphatic hydroxyl groups is 1. The summed E-state index contributed by atoms with van der Waals surface area (Å²) in [6.07, 6.45) is 5.60. The fraction of sp³-hybridized carbons (Fsp3) is 0.714. The predicted molar refractivity (Wildman–Crippen MR) is 109 cm³/mol. The summed E-state index contributed by atoms with van der Waals surface area (Å²) in [5, 5.41) is 13.6. The summed E-state index contributed by atoms with van der Waals surface area (Å²) >= 11 is 0. The van der Waals surface area contributed by atoms with Gasteiger partial charge in [0.15, 0.2) is 0 Å². The van der Waals surface area contributed by atoms with E-state index in [1.165, 1.54) is 12.1 Å². The Bertz CT molecular complexity index is 757. The average molecular weight is 413 g/mol. The molecule has 0 bridgehead atoms. The molecule has 3 N–H and O–H groups in total. The highest BCUT2D eigenvalue weighted by atomic mass is 32.2. The van der Waals surface area contributed by atoms with Crippen molar-refractivity contribution in [2.45, 2.75) is 81.7 Å². The summed E-state index contributed by atoms with van der Waals surface area (Å²) in [5.74, 6) is 0.195. The largest absolute Gasteiger partial charge is 0.387 e. The molecular formula is C21H33FN2O3S. The van der Waals surface area contributed by atoms with E-state index in [2.05, 4.69) is 23.9 Å². The van der Waals surface area contributed by atoms with Gasteiger partial charge in [0, 0.05) is 18.1 Å². The summed E-state index contributed by atoms with van der Waals surface area (Å²) < 4.78 is 40.4. The Balaban J connectivity index is 1.42. The zero-order valence-electron chi connectivity index (χ0n) is 16.8. The van der Waals surface area contributed by atoms with E-state index in [-0.39, 0.29) is 22.6 Å². The highest BCUT2D eigenvalue weighted by Crippen LogP contribution is 2.33. The van der Waals surface area contributed by atoms with Gasteiger partial charge < -0.3 is 10.4 Å².